The molecule has 19 heavy (non-hydrogen) atoms. The van der Waals surface area contributed by atoms with Crippen LogP contribution in [0.5, 0.6) is 0 Å². The average molecular weight is 268 g/mol. The molecule has 1 saturated heterocycles. The van der Waals surface area contributed by atoms with Crippen molar-refractivity contribution in [3.63, 3.8) is 0 Å². The molecular weight excluding hydrogens is 240 g/mol. The molecule has 2 fully saturated rings. The third kappa shape index (κ3) is 3.11. The van der Waals surface area contributed by atoms with Crippen LogP contribution in [0.1, 0.15) is 51.9 Å². The number of likely N-dealkylation sites (tertiary alicyclic amines) is 1. The molecule has 0 amide bonds. The molecule has 0 spiro atoms. The summed E-state index contributed by atoms with van der Waals surface area (Å²) in [6.45, 7) is 4.59. The second-order valence-electron chi connectivity index (χ2n) is 6.33. The van der Waals surface area contributed by atoms with Crippen LogP contribution in [0.15, 0.2) is 0 Å². The highest BCUT2D eigenvalue weighted by Gasteiger charge is 2.44. The Morgan fingerprint density at radius 3 is 2.89 bits per heavy atom. The van der Waals surface area contributed by atoms with E-state index in [-0.39, 0.29) is 0 Å². The second-order valence-corrected chi connectivity index (χ2v) is 6.33. The van der Waals surface area contributed by atoms with Gasteiger partial charge >= 0.3 is 5.97 Å². The van der Waals surface area contributed by atoms with E-state index in [0.29, 0.717) is 6.04 Å². The molecule has 0 bridgehead atoms. The van der Waals surface area contributed by atoms with Gasteiger partial charge in [0, 0.05) is 12.6 Å². The Balaban J connectivity index is 1.96. The quantitative estimate of drug-likeness (QED) is 0.801. The van der Waals surface area contributed by atoms with Gasteiger partial charge in [0.1, 0.15) is 5.54 Å². The van der Waals surface area contributed by atoms with E-state index in [1.807, 2.05) is 0 Å². The normalized spacial score (nSPS) is 36.5. The average Bonchev–Trinajstić information content (AvgIpc) is 2.87. The van der Waals surface area contributed by atoms with Gasteiger partial charge in [-0.15, -0.1) is 0 Å². The van der Waals surface area contributed by atoms with Crippen LogP contribution < -0.4 is 5.32 Å². The third-order valence-electron chi connectivity index (χ3n) is 5.14. The van der Waals surface area contributed by atoms with Crippen molar-refractivity contribution in [2.45, 2.75) is 63.5 Å². The molecule has 0 aromatic heterocycles. The Labute approximate surface area is 116 Å². The number of hydrogen-bond donors (Lipinski definition) is 2. The number of likely N-dealkylation sites (N-methyl/N-ethyl adjacent to an activating group) is 1. The summed E-state index contributed by atoms with van der Waals surface area (Å²) in [6, 6.07) is 0.458. The molecule has 1 aliphatic heterocycles. The second kappa shape index (κ2) is 6.23. The zero-order valence-electron chi connectivity index (χ0n) is 12.3. The summed E-state index contributed by atoms with van der Waals surface area (Å²) in [6.07, 6.45) is 7.59. The number of hydrogen-bond acceptors (Lipinski definition) is 3. The number of nitrogens with one attached hydrogen (secondary N) is 1. The molecule has 2 aliphatic rings. The minimum absolute atomic E-state index is 0.458. The molecule has 2 N–H and O–H groups in total. The molecule has 1 saturated carbocycles. The van der Waals surface area contributed by atoms with Crippen LogP contribution in [-0.2, 0) is 4.79 Å². The predicted molar refractivity (Wildman–Crippen MR) is 76.3 cm³/mol. The summed E-state index contributed by atoms with van der Waals surface area (Å²) in [4.78, 5) is 14.1. The van der Waals surface area contributed by atoms with Gasteiger partial charge in [-0.25, -0.2) is 0 Å². The summed E-state index contributed by atoms with van der Waals surface area (Å²) >= 11 is 0. The molecule has 0 aromatic rings. The van der Waals surface area contributed by atoms with Gasteiger partial charge in [-0.1, -0.05) is 13.3 Å². The Kier molecular flexibility index (Phi) is 4.85. The first-order chi connectivity index (χ1) is 9.11. The lowest BCUT2D eigenvalue weighted by atomic mass is 9.78. The Morgan fingerprint density at radius 1 is 1.47 bits per heavy atom. The first-order valence-corrected chi connectivity index (χ1v) is 7.77. The molecular formula is C15H28N2O2. The molecule has 2 rings (SSSR count). The summed E-state index contributed by atoms with van der Waals surface area (Å²) in [5, 5.41) is 12.6. The van der Waals surface area contributed by atoms with Crippen LogP contribution in [0.3, 0.4) is 0 Å². The molecule has 0 radical (unpaired) electrons. The highest BCUT2D eigenvalue weighted by atomic mass is 16.4. The van der Waals surface area contributed by atoms with Gasteiger partial charge in [-0.2, -0.15) is 0 Å². The van der Waals surface area contributed by atoms with Gasteiger partial charge < -0.3 is 15.3 Å². The zero-order valence-corrected chi connectivity index (χ0v) is 12.3. The van der Waals surface area contributed by atoms with Crippen molar-refractivity contribution >= 4 is 5.97 Å². The monoisotopic (exact) mass is 268 g/mol. The van der Waals surface area contributed by atoms with E-state index in [4.69, 9.17) is 0 Å². The number of carboxylic acids is 1. The Hall–Kier alpha value is -0.610. The minimum Gasteiger partial charge on any atom is -0.480 e. The molecule has 110 valence electrons. The van der Waals surface area contributed by atoms with Gasteiger partial charge in [0.15, 0.2) is 0 Å². The molecule has 4 heteroatoms. The number of nitrogens with zero attached hydrogens (tertiary/aromatic N) is 1. The lowest BCUT2D eigenvalue weighted by molar-refractivity contribution is -0.147. The van der Waals surface area contributed by atoms with E-state index < -0.39 is 11.5 Å². The summed E-state index contributed by atoms with van der Waals surface area (Å²) in [5.41, 5.74) is -0.689. The first kappa shape index (κ1) is 14.8. The number of aliphatic carboxylic acids is 1. The molecule has 4 nitrogen and oxygen atoms in total. The molecule has 1 heterocycles. The molecule has 3 unspecified atom stereocenters. The van der Waals surface area contributed by atoms with Crippen LogP contribution in [-0.4, -0.2) is 47.7 Å². The van der Waals surface area contributed by atoms with E-state index in [9.17, 15) is 9.90 Å². The van der Waals surface area contributed by atoms with Gasteiger partial charge in [-0.05, 0) is 58.0 Å². The Bertz CT molecular complexity index is 321. The van der Waals surface area contributed by atoms with Crippen LogP contribution in [0.4, 0.5) is 0 Å². The van der Waals surface area contributed by atoms with Crippen molar-refractivity contribution in [3.05, 3.63) is 0 Å². The van der Waals surface area contributed by atoms with Crippen LogP contribution in [0.25, 0.3) is 0 Å². The van der Waals surface area contributed by atoms with E-state index >= 15 is 0 Å². The lowest BCUT2D eigenvalue weighted by Crippen LogP contribution is -2.57. The highest BCUT2D eigenvalue weighted by molar-refractivity contribution is 5.79. The molecule has 3 atom stereocenters. The molecule has 0 aromatic carbocycles. The standard InChI is InChI=1S/C15H28N2O2/c1-3-5-12-7-9-17(11-12)13-6-4-8-15(10-13,16-2)14(18)19/h12-13,16H,3-11H2,1-2H3,(H,18,19). The van der Waals surface area contributed by atoms with Crippen molar-refractivity contribution in [3.8, 4) is 0 Å². The zero-order chi connectivity index (χ0) is 13.9. The topological polar surface area (TPSA) is 52.6 Å². The predicted octanol–water partition coefficient (Wildman–Crippen LogP) is 2.09. The fraction of sp³-hybridized carbons (Fsp3) is 0.933. The maximum absolute atomic E-state index is 11.6. The van der Waals surface area contributed by atoms with Crippen molar-refractivity contribution < 1.29 is 9.90 Å². The van der Waals surface area contributed by atoms with Crippen molar-refractivity contribution in [1.29, 1.82) is 0 Å². The van der Waals surface area contributed by atoms with Gasteiger partial charge in [0.25, 0.3) is 0 Å². The van der Waals surface area contributed by atoms with E-state index in [2.05, 4.69) is 17.1 Å². The van der Waals surface area contributed by atoms with Gasteiger partial charge in [0.2, 0.25) is 0 Å². The van der Waals surface area contributed by atoms with Crippen LogP contribution in [0.2, 0.25) is 0 Å². The Morgan fingerprint density at radius 2 is 2.26 bits per heavy atom. The fourth-order valence-corrected chi connectivity index (χ4v) is 3.92. The van der Waals surface area contributed by atoms with E-state index in [1.165, 1.54) is 25.8 Å². The summed E-state index contributed by atoms with van der Waals surface area (Å²) < 4.78 is 0. The fourth-order valence-electron chi connectivity index (χ4n) is 3.92. The van der Waals surface area contributed by atoms with E-state index in [0.717, 1.165) is 38.1 Å². The number of carbonyl (C=O) groups is 1. The summed E-state index contributed by atoms with van der Waals surface area (Å²) in [7, 11) is 1.79. The van der Waals surface area contributed by atoms with Crippen LogP contribution in [0, 0.1) is 5.92 Å². The van der Waals surface area contributed by atoms with Crippen molar-refractivity contribution in [1.82, 2.24) is 10.2 Å². The smallest absolute Gasteiger partial charge is 0.323 e. The maximum atomic E-state index is 11.6. The summed E-state index contributed by atoms with van der Waals surface area (Å²) in [5.74, 6) is 0.157. The first-order valence-electron chi connectivity index (χ1n) is 7.77. The number of carboxylic acid groups (broad SMARTS) is 1. The van der Waals surface area contributed by atoms with Gasteiger partial charge in [0.05, 0.1) is 0 Å². The van der Waals surface area contributed by atoms with E-state index in [1.54, 1.807) is 7.05 Å². The maximum Gasteiger partial charge on any atom is 0.323 e. The highest BCUT2D eigenvalue weighted by Crippen LogP contribution is 2.34. The van der Waals surface area contributed by atoms with Gasteiger partial charge in [-0.3, -0.25) is 4.79 Å². The van der Waals surface area contributed by atoms with Crippen LogP contribution >= 0.6 is 0 Å². The number of rotatable bonds is 5. The minimum atomic E-state index is -0.689. The van der Waals surface area contributed by atoms with Crippen molar-refractivity contribution in [2.24, 2.45) is 5.92 Å². The van der Waals surface area contributed by atoms with Crippen molar-refractivity contribution in [2.75, 3.05) is 20.1 Å². The third-order valence-corrected chi connectivity index (χ3v) is 5.14. The SMILES string of the molecule is CCCC1CCN(C2CCCC(NC)(C(=O)O)C2)C1. The lowest BCUT2D eigenvalue weighted by Gasteiger charge is -2.41. The largest absolute Gasteiger partial charge is 0.480 e. The molecule has 1 aliphatic carbocycles.